The number of nitroso groups, excluding NO2 is 1. The Morgan fingerprint density at radius 3 is 2.51 bits per heavy atom. The number of methoxy groups -OCH3 is 1. The lowest BCUT2D eigenvalue weighted by Crippen LogP contribution is -2.56. The Bertz CT molecular complexity index is 1710. The quantitative estimate of drug-likeness (QED) is 0.232. The van der Waals surface area contributed by atoms with Crippen LogP contribution in [0.15, 0.2) is 71.8 Å². The molecule has 3 aromatic carbocycles. The number of fused-ring (bicyclic) bond motifs is 1. The number of likely N-dealkylation sites (N-methyl/N-ethyl adjacent to an activating group) is 1. The zero-order chi connectivity index (χ0) is 30.4. The van der Waals surface area contributed by atoms with Crippen LogP contribution in [0, 0.1) is 10.7 Å². The molecule has 1 saturated heterocycles. The fourth-order valence-corrected chi connectivity index (χ4v) is 6.00. The summed E-state index contributed by atoms with van der Waals surface area (Å²) in [6.45, 7) is 5.71. The molecule has 0 bridgehead atoms. The van der Waals surface area contributed by atoms with E-state index in [9.17, 15) is 13.3 Å². The Kier molecular flexibility index (Phi) is 9.34. The van der Waals surface area contributed by atoms with Crippen molar-refractivity contribution in [3.63, 3.8) is 0 Å². The monoisotopic (exact) mass is 610 g/mol. The summed E-state index contributed by atoms with van der Waals surface area (Å²) in [4.78, 5) is 20.1. The molecule has 0 spiro atoms. The smallest absolute Gasteiger partial charge is 0.273 e. The fourth-order valence-electron chi connectivity index (χ4n) is 4.79. The second-order valence-electron chi connectivity index (χ2n) is 10.1. The lowest BCUT2D eigenvalue weighted by atomic mass is 10.1. The van der Waals surface area contributed by atoms with Gasteiger partial charge in [0.15, 0.2) is 28.0 Å². The predicted octanol–water partition coefficient (Wildman–Crippen LogP) is 3.47. The van der Waals surface area contributed by atoms with Gasteiger partial charge in [-0.25, -0.2) is 12.8 Å². The maximum atomic E-state index is 15.1. The molecule has 0 radical (unpaired) electrons. The first-order chi connectivity index (χ1) is 20.8. The number of pyridine rings is 1. The minimum atomic E-state index is -4.16. The van der Waals surface area contributed by atoms with Crippen LogP contribution < -0.4 is 24.1 Å². The molecule has 0 atom stereocenters. The lowest BCUT2D eigenvalue weighted by molar-refractivity contribution is -0.382. The summed E-state index contributed by atoms with van der Waals surface area (Å²) >= 11 is 0. The van der Waals surface area contributed by atoms with Crippen LogP contribution in [0.1, 0.15) is 6.42 Å². The molecule has 1 aromatic heterocycles. The average Bonchev–Trinajstić information content (AvgIpc) is 3.01. The summed E-state index contributed by atoms with van der Waals surface area (Å²) in [5.74, 6) is 0.443. The molecule has 43 heavy (non-hydrogen) atoms. The van der Waals surface area contributed by atoms with Crippen LogP contribution in [-0.2, 0) is 10.0 Å². The highest BCUT2D eigenvalue weighted by molar-refractivity contribution is 7.92. The minimum absolute atomic E-state index is 0.0405. The standard InChI is InChI=1S/C30H32FN5O6S/c1-35-13-15-36(16-14-35)12-5-17-41-29-20-25-22(19-28(29)40-2)26(10-11-32-25)42-27-9-8-21(18-23(27)31)34-43(38,39)30-7-4-3-6-24(30)33-37/h3-4,6-11,18-20,34H,5,12-17H2,1-2H3/p+1. The summed E-state index contributed by atoms with van der Waals surface area (Å²) in [5, 5.41) is 2.18. The third-order valence-electron chi connectivity index (χ3n) is 7.15. The van der Waals surface area contributed by atoms with Gasteiger partial charge in [-0.1, -0.05) is 12.1 Å². The van der Waals surface area contributed by atoms with Gasteiger partial charge in [-0.3, -0.25) is 9.71 Å². The first kappa shape index (κ1) is 30.1. The molecule has 11 nitrogen and oxygen atoms in total. The molecule has 4 aromatic rings. The number of nitrogens with one attached hydrogen (secondary N) is 2. The number of rotatable bonds is 12. The fraction of sp³-hybridized carbons (Fsp3) is 0.300. The molecule has 5 rings (SSSR count). The maximum Gasteiger partial charge on any atom is 0.273 e. The third kappa shape index (κ3) is 7.19. The van der Waals surface area contributed by atoms with Crippen LogP contribution in [0.25, 0.3) is 10.9 Å². The van der Waals surface area contributed by atoms with Crippen molar-refractivity contribution in [1.82, 2.24) is 14.8 Å². The van der Waals surface area contributed by atoms with E-state index >= 15 is 4.39 Å². The van der Waals surface area contributed by atoms with Gasteiger partial charge in [-0.15, -0.1) is 0 Å². The molecule has 1 aliphatic heterocycles. The topological polar surface area (TPSA) is 124 Å². The van der Waals surface area contributed by atoms with Crippen molar-refractivity contribution >= 4 is 32.3 Å². The Labute approximate surface area is 249 Å². The van der Waals surface area contributed by atoms with Gasteiger partial charge in [0.25, 0.3) is 15.7 Å². The molecule has 13 heteroatoms. The number of nitrogens with zero attached hydrogens (tertiary/aromatic N) is 3. The number of anilines is 1. The number of sulfonamides is 1. The van der Waals surface area contributed by atoms with Crippen molar-refractivity contribution in [2.24, 2.45) is 0 Å². The Morgan fingerprint density at radius 2 is 1.77 bits per heavy atom. The normalized spacial score (nSPS) is 14.4. The van der Waals surface area contributed by atoms with Crippen molar-refractivity contribution in [3.8, 4) is 23.0 Å². The summed E-state index contributed by atoms with van der Waals surface area (Å²) in [5.41, 5.74) is 0.402. The molecule has 0 amide bonds. The van der Waals surface area contributed by atoms with E-state index in [-0.39, 0.29) is 22.0 Å². The van der Waals surface area contributed by atoms with Gasteiger partial charge in [0.2, 0.25) is 0 Å². The third-order valence-corrected chi connectivity index (χ3v) is 8.59. The van der Waals surface area contributed by atoms with Gasteiger partial charge in [0, 0.05) is 72.6 Å². The van der Waals surface area contributed by atoms with E-state index in [0.29, 0.717) is 34.8 Å². The molecule has 1 fully saturated rings. The summed E-state index contributed by atoms with van der Waals surface area (Å²) < 4.78 is 60.5. The Morgan fingerprint density at radius 1 is 0.977 bits per heavy atom. The average molecular weight is 611 g/mol. The number of hydrogen-bond acceptors (Lipinski definition) is 9. The van der Waals surface area contributed by atoms with Gasteiger partial charge >= 0.3 is 0 Å². The largest absolute Gasteiger partial charge is 0.493 e. The van der Waals surface area contributed by atoms with E-state index in [1.54, 1.807) is 36.7 Å². The summed E-state index contributed by atoms with van der Waals surface area (Å²) in [6.07, 6.45) is 2.41. The van der Waals surface area contributed by atoms with Crippen LogP contribution in [-0.4, -0.2) is 76.7 Å². The van der Waals surface area contributed by atoms with E-state index in [2.05, 4.69) is 26.6 Å². The van der Waals surface area contributed by atoms with Gasteiger partial charge in [-0.05, 0) is 43.8 Å². The highest BCUT2D eigenvalue weighted by Gasteiger charge is 2.23. The zero-order valence-electron chi connectivity index (χ0n) is 23.9. The van der Waals surface area contributed by atoms with E-state index in [1.165, 1.54) is 36.4 Å². The number of piperazine rings is 1. The molecule has 0 unspecified atom stereocenters. The van der Waals surface area contributed by atoms with Crippen molar-refractivity contribution in [2.45, 2.75) is 11.3 Å². The number of halogens is 1. The van der Waals surface area contributed by atoms with Crippen LogP contribution in [0.5, 0.6) is 23.0 Å². The summed E-state index contributed by atoms with van der Waals surface area (Å²) in [6, 6.07) is 14.4. The van der Waals surface area contributed by atoms with Gasteiger partial charge in [-0.2, -0.15) is 0 Å². The van der Waals surface area contributed by atoms with Gasteiger partial charge < -0.3 is 24.0 Å². The SMILES string of the molecule is COc1cc2c(Oc3ccc(NS(=O)(=O)c4ccccc4[NH+]=O)cc3F)ccnc2cc1OCCCN1CCN(C)CC1. The van der Waals surface area contributed by atoms with Crippen molar-refractivity contribution in [1.29, 1.82) is 0 Å². The van der Waals surface area contributed by atoms with E-state index < -0.39 is 15.8 Å². The molecule has 2 N–H and O–H groups in total. The highest BCUT2D eigenvalue weighted by Crippen LogP contribution is 2.38. The second-order valence-corrected chi connectivity index (χ2v) is 11.8. The van der Waals surface area contributed by atoms with Crippen LogP contribution in [0.3, 0.4) is 0 Å². The number of ether oxygens (including phenoxy) is 3. The highest BCUT2D eigenvalue weighted by atomic mass is 32.2. The molecule has 226 valence electrons. The first-order valence-electron chi connectivity index (χ1n) is 13.8. The number of aromatic nitrogens is 1. The Hall–Kier alpha value is -4.33. The maximum absolute atomic E-state index is 15.1. The number of para-hydroxylation sites is 1. The molecule has 1 aliphatic rings. The number of benzene rings is 3. The molecule has 0 saturated carbocycles. The van der Waals surface area contributed by atoms with Gasteiger partial charge in [0.05, 0.1) is 24.9 Å². The van der Waals surface area contributed by atoms with Crippen LogP contribution in [0.2, 0.25) is 0 Å². The van der Waals surface area contributed by atoms with Crippen LogP contribution in [0.4, 0.5) is 15.8 Å². The molecular formula is C30H33FN5O6S+. The van der Waals surface area contributed by atoms with Gasteiger partial charge in [0.1, 0.15) is 5.75 Å². The minimum Gasteiger partial charge on any atom is -0.493 e. The molecule has 2 heterocycles. The van der Waals surface area contributed by atoms with Crippen LogP contribution >= 0.6 is 0 Å². The first-order valence-corrected chi connectivity index (χ1v) is 15.2. The zero-order valence-corrected chi connectivity index (χ0v) is 24.7. The van der Waals surface area contributed by atoms with E-state index in [4.69, 9.17) is 14.2 Å². The van der Waals surface area contributed by atoms with E-state index in [1.807, 2.05) is 0 Å². The Balaban J connectivity index is 1.28. The molecular weight excluding hydrogens is 577 g/mol. The summed E-state index contributed by atoms with van der Waals surface area (Å²) in [7, 11) is -0.484. The second kappa shape index (κ2) is 13.3. The lowest BCUT2D eigenvalue weighted by Gasteiger charge is -2.32. The van der Waals surface area contributed by atoms with E-state index in [0.717, 1.165) is 45.2 Å². The molecule has 0 aliphatic carbocycles. The number of hydrogen-bond donors (Lipinski definition) is 2. The van der Waals surface area contributed by atoms with Crippen molar-refractivity contribution < 1.29 is 32.2 Å². The van der Waals surface area contributed by atoms with Crippen molar-refractivity contribution in [2.75, 3.05) is 58.2 Å². The van der Waals surface area contributed by atoms with Crippen molar-refractivity contribution in [3.05, 3.63) is 77.6 Å². The predicted molar refractivity (Wildman–Crippen MR) is 160 cm³/mol.